The van der Waals surface area contributed by atoms with Crippen molar-refractivity contribution < 1.29 is 18.1 Å². The van der Waals surface area contributed by atoms with Crippen LogP contribution in [0, 0.1) is 55.4 Å². The van der Waals surface area contributed by atoms with Gasteiger partial charge in [0.1, 0.15) is 23.0 Å². The molecule has 0 N–H and O–H groups in total. The van der Waals surface area contributed by atoms with Gasteiger partial charge in [0.05, 0.1) is 0 Å². The van der Waals surface area contributed by atoms with E-state index < -0.39 is 16.8 Å². The molecule has 6 aromatic rings. The zero-order chi connectivity index (χ0) is 35.4. The number of hydrogen-bond acceptors (Lipinski definition) is 4. The Morgan fingerprint density at radius 1 is 0.360 bits per heavy atom. The largest absolute Gasteiger partial charge is 0.530 e. The molecule has 0 saturated heterocycles. The van der Waals surface area contributed by atoms with Crippen molar-refractivity contribution in [3.05, 3.63) is 166 Å². The second-order valence-electron chi connectivity index (χ2n) is 12.8. The van der Waals surface area contributed by atoms with E-state index in [0.717, 1.165) is 83.7 Å². The van der Waals surface area contributed by atoms with Crippen molar-refractivity contribution >= 4 is 27.4 Å². The molecule has 50 heavy (non-hydrogen) atoms. The molecular formula is C44H44O4P2. The quantitative estimate of drug-likeness (QED) is 0.126. The van der Waals surface area contributed by atoms with Crippen LogP contribution in [0.15, 0.2) is 121 Å². The van der Waals surface area contributed by atoms with E-state index in [4.69, 9.17) is 18.1 Å². The van der Waals surface area contributed by atoms with E-state index >= 15 is 0 Å². The van der Waals surface area contributed by atoms with E-state index in [0.29, 0.717) is 0 Å². The van der Waals surface area contributed by atoms with Gasteiger partial charge in [-0.3, -0.25) is 0 Å². The predicted octanol–water partition coefficient (Wildman–Crippen LogP) is 12.0. The highest BCUT2D eigenvalue weighted by atomic mass is 31.2. The highest BCUT2D eigenvalue weighted by molar-refractivity contribution is 7.68. The third-order valence-electron chi connectivity index (χ3n) is 9.09. The monoisotopic (exact) mass is 698 g/mol. The number of rotatable bonds is 11. The van der Waals surface area contributed by atoms with Gasteiger partial charge in [-0.1, -0.05) is 109 Å². The molecule has 6 rings (SSSR count). The molecule has 254 valence electrons. The highest BCUT2D eigenvalue weighted by Crippen LogP contribution is 2.53. The molecule has 0 saturated carbocycles. The van der Waals surface area contributed by atoms with Crippen LogP contribution in [0.1, 0.15) is 44.5 Å². The summed E-state index contributed by atoms with van der Waals surface area (Å²) in [5.41, 5.74) is 10.6. The van der Waals surface area contributed by atoms with Crippen LogP contribution in [-0.2, 0) is 0 Å². The van der Waals surface area contributed by atoms with E-state index in [1.807, 2.05) is 74.5 Å². The topological polar surface area (TPSA) is 36.9 Å². The summed E-state index contributed by atoms with van der Waals surface area (Å²) in [6, 6.07) is 41.5. The fourth-order valence-electron chi connectivity index (χ4n) is 6.03. The molecule has 0 radical (unpaired) electrons. The lowest BCUT2D eigenvalue weighted by Crippen LogP contribution is -2.16. The van der Waals surface area contributed by atoms with Gasteiger partial charge in [-0.15, -0.1) is 0 Å². The summed E-state index contributed by atoms with van der Waals surface area (Å²) in [5.74, 6) is 3.04. The third-order valence-corrected chi connectivity index (χ3v) is 12.0. The Balaban J connectivity index is 1.53. The number of aryl methyl sites for hydroxylation is 6. The minimum atomic E-state index is -1.93. The van der Waals surface area contributed by atoms with Crippen LogP contribution < -0.4 is 28.7 Å². The Hall–Kier alpha value is -4.62. The first-order chi connectivity index (χ1) is 24.1. The van der Waals surface area contributed by atoms with E-state index in [1.54, 1.807) is 0 Å². The first-order valence-electron chi connectivity index (χ1n) is 16.9. The lowest BCUT2D eigenvalue weighted by molar-refractivity contribution is 0.385. The molecule has 6 heteroatoms. The fraction of sp³-hybridized carbons (Fsp3) is 0.182. The molecule has 0 atom stereocenters. The van der Waals surface area contributed by atoms with Gasteiger partial charge in [0, 0.05) is 21.7 Å². The third kappa shape index (κ3) is 7.58. The zero-order valence-electron chi connectivity index (χ0n) is 30.1. The van der Waals surface area contributed by atoms with Crippen LogP contribution in [0.2, 0.25) is 0 Å². The summed E-state index contributed by atoms with van der Waals surface area (Å²) < 4.78 is 27.6. The Labute approximate surface area is 299 Å². The second-order valence-corrected chi connectivity index (χ2v) is 15.6. The van der Waals surface area contributed by atoms with Crippen LogP contribution >= 0.6 is 16.8 Å². The minimum Gasteiger partial charge on any atom is -0.464 e. The van der Waals surface area contributed by atoms with E-state index in [-0.39, 0.29) is 0 Å². The van der Waals surface area contributed by atoms with E-state index in [1.165, 1.54) is 5.56 Å². The van der Waals surface area contributed by atoms with Crippen LogP contribution in [0.5, 0.6) is 23.0 Å². The van der Waals surface area contributed by atoms with Crippen molar-refractivity contribution in [2.75, 3.05) is 0 Å². The van der Waals surface area contributed by atoms with Gasteiger partial charge < -0.3 is 18.1 Å². The van der Waals surface area contributed by atoms with Crippen molar-refractivity contribution in [3.8, 4) is 34.1 Å². The molecule has 0 aromatic heterocycles. The molecule has 0 spiro atoms. The minimum absolute atomic E-state index is 0.721. The average molecular weight is 699 g/mol. The van der Waals surface area contributed by atoms with Crippen molar-refractivity contribution in [2.45, 2.75) is 55.4 Å². The van der Waals surface area contributed by atoms with Crippen LogP contribution in [-0.4, -0.2) is 0 Å². The predicted molar refractivity (Wildman–Crippen MR) is 211 cm³/mol. The van der Waals surface area contributed by atoms with Gasteiger partial charge in [-0.2, -0.15) is 0 Å². The molecule has 0 heterocycles. The number of benzene rings is 6. The summed E-state index contributed by atoms with van der Waals surface area (Å²) in [7, 11) is -3.11. The van der Waals surface area contributed by atoms with Crippen LogP contribution in [0.3, 0.4) is 0 Å². The Morgan fingerprint density at radius 3 is 1.16 bits per heavy atom. The zero-order valence-corrected chi connectivity index (χ0v) is 31.9. The highest BCUT2D eigenvalue weighted by Gasteiger charge is 2.30. The molecule has 4 nitrogen and oxygen atoms in total. The first-order valence-corrected chi connectivity index (χ1v) is 19.2. The van der Waals surface area contributed by atoms with Crippen molar-refractivity contribution in [1.29, 1.82) is 0 Å². The van der Waals surface area contributed by atoms with Crippen molar-refractivity contribution in [2.24, 2.45) is 0 Å². The molecular weight excluding hydrogens is 654 g/mol. The van der Waals surface area contributed by atoms with Crippen molar-refractivity contribution in [3.63, 3.8) is 0 Å². The molecule has 0 bridgehead atoms. The molecule has 0 fully saturated rings. The molecule has 6 aromatic carbocycles. The Morgan fingerprint density at radius 2 is 0.740 bits per heavy atom. The summed E-state index contributed by atoms with van der Waals surface area (Å²) in [6.45, 7) is 16.9. The summed E-state index contributed by atoms with van der Waals surface area (Å²) in [5, 5.41) is 2.29. The van der Waals surface area contributed by atoms with E-state index in [9.17, 15) is 0 Å². The first kappa shape index (κ1) is 35.2. The van der Waals surface area contributed by atoms with Gasteiger partial charge in [-0.05, 0) is 112 Å². The maximum atomic E-state index is 7.32. The summed E-state index contributed by atoms with van der Waals surface area (Å²) in [6.07, 6.45) is 0. The van der Waals surface area contributed by atoms with Crippen LogP contribution in [0.25, 0.3) is 11.1 Å². The summed E-state index contributed by atoms with van der Waals surface area (Å²) in [4.78, 5) is 0. The maximum absolute atomic E-state index is 7.32. The second kappa shape index (κ2) is 15.5. The molecule has 0 unspecified atom stereocenters. The molecule has 0 aliphatic carbocycles. The number of para-hydroxylation sites is 2. The number of hydrogen-bond donors (Lipinski definition) is 0. The molecule has 0 amide bonds. The van der Waals surface area contributed by atoms with Gasteiger partial charge >= 0.3 is 8.60 Å². The van der Waals surface area contributed by atoms with Gasteiger partial charge in [0.2, 0.25) is 0 Å². The summed E-state index contributed by atoms with van der Waals surface area (Å²) >= 11 is 0. The lowest BCUT2D eigenvalue weighted by Gasteiger charge is -2.28. The lowest BCUT2D eigenvalue weighted by atomic mass is 9.88. The van der Waals surface area contributed by atoms with Gasteiger partial charge in [0.25, 0.3) is 0 Å². The molecule has 0 aliphatic rings. The SMILES string of the molecule is Cc1ccccc1OP(Oc1ccccc1C)Oc1c(C)c(C)cc(C)c1-c1c(C)cc(C)c(C)c1OP(c1ccccc1)c1ccccc1. The normalized spacial score (nSPS) is 11.2. The van der Waals surface area contributed by atoms with Crippen LogP contribution in [0.4, 0.5) is 0 Å². The van der Waals surface area contributed by atoms with Gasteiger partial charge in [0.15, 0.2) is 8.15 Å². The Kier molecular flexibility index (Phi) is 10.9. The van der Waals surface area contributed by atoms with Gasteiger partial charge in [-0.25, -0.2) is 0 Å². The molecule has 0 aliphatic heterocycles. The van der Waals surface area contributed by atoms with Crippen molar-refractivity contribution in [1.82, 2.24) is 0 Å². The standard InChI is InChI=1S/C44H44O4P2/c1-29-19-15-17-25-39(29)45-50(46-40-26-18-16-20-30(40)2)48-44-36(8)32(4)28-34(6)42(44)41-33(5)27-31(3)35(7)43(41)47-49(37-21-11-9-12-22-37)38-23-13-10-14-24-38/h9-28H,1-8H3. The fourth-order valence-corrected chi connectivity index (χ4v) is 9.06. The average Bonchev–Trinajstić information content (AvgIpc) is 3.11. The Bertz CT molecular complexity index is 2020. The maximum Gasteiger partial charge on any atom is 0.530 e. The smallest absolute Gasteiger partial charge is 0.464 e. The van der Waals surface area contributed by atoms with E-state index in [2.05, 4.69) is 102 Å².